The van der Waals surface area contributed by atoms with Crippen LogP contribution < -0.4 is 29.7 Å². The van der Waals surface area contributed by atoms with Gasteiger partial charge in [0.05, 0.1) is 19.8 Å². The molecule has 39 heavy (non-hydrogen) atoms. The van der Waals surface area contributed by atoms with Gasteiger partial charge in [0.15, 0.2) is 0 Å². The molecule has 4 aromatic carbocycles. The van der Waals surface area contributed by atoms with Crippen LogP contribution in [0.15, 0.2) is 91.0 Å². The van der Waals surface area contributed by atoms with Crippen molar-refractivity contribution < 1.29 is 23.8 Å². The highest BCUT2D eigenvalue weighted by Gasteiger charge is 2.34. The van der Waals surface area contributed by atoms with Crippen LogP contribution in [0.3, 0.4) is 0 Å². The lowest BCUT2D eigenvalue weighted by molar-refractivity contribution is -0.114. The first-order valence-electron chi connectivity index (χ1n) is 12.5. The topological polar surface area (TPSA) is 89.1 Å². The zero-order chi connectivity index (χ0) is 27.4. The fourth-order valence-electron chi connectivity index (χ4n) is 4.58. The second-order valence-corrected chi connectivity index (χ2v) is 9.03. The highest BCUT2D eigenvalue weighted by atomic mass is 16.5. The molecule has 0 fully saturated rings. The molecule has 1 heterocycles. The number of anilines is 3. The van der Waals surface area contributed by atoms with Crippen LogP contribution in [-0.4, -0.2) is 26.0 Å². The van der Waals surface area contributed by atoms with Crippen LogP contribution in [0.25, 0.3) is 0 Å². The Hall–Kier alpha value is -4.98. The largest absolute Gasteiger partial charge is 0.497 e. The van der Waals surface area contributed by atoms with Gasteiger partial charge in [-0.2, -0.15) is 0 Å². The average molecular weight is 524 g/mol. The van der Waals surface area contributed by atoms with Gasteiger partial charge in [0.25, 0.3) is 5.91 Å². The van der Waals surface area contributed by atoms with Crippen molar-refractivity contribution in [3.63, 3.8) is 0 Å². The van der Waals surface area contributed by atoms with Gasteiger partial charge in [-0.3, -0.25) is 14.5 Å². The third-order valence-corrected chi connectivity index (χ3v) is 6.47. The minimum Gasteiger partial charge on any atom is -0.497 e. The van der Waals surface area contributed by atoms with Crippen molar-refractivity contribution in [2.75, 3.05) is 29.8 Å². The SMILES string of the molecule is COc1ccc(N2C(=O)c3ccccc3NC2c2ccc(OC)c(COc3ccc(NC(C)=O)cc3)c2)cc1. The van der Waals surface area contributed by atoms with Crippen molar-refractivity contribution >= 4 is 28.9 Å². The standard InChI is InChI=1S/C31H29N3O5/c1-20(35)32-23-9-13-26(14-10-23)39-19-22-18-21(8-17-29(22)38-3)30-33-28-7-5-4-6-27(28)31(36)34(30)24-11-15-25(37-2)16-12-24/h4-18,30,33H,19H2,1-3H3,(H,32,35). The van der Waals surface area contributed by atoms with E-state index in [9.17, 15) is 9.59 Å². The van der Waals surface area contributed by atoms with E-state index in [4.69, 9.17) is 14.2 Å². The molecule has 1 atom stereocenters. The van der Waals surface area contributed by atoms with Gasteiger partial charge < -0.3 is 24.8 Å². The van der Waals surface area contributed by atoms with Crippen LogP contribution in [0, 0.1) is 0 Å². The predicted octanol–water partition coefficient (Wildman–Crippen LogP) is 6.01. The van der Waals surface area contributed by atoms with Crippen molar-refractivity contribution in [2.45, 2.75) is 19.7 Å². The predicted molar refractivity (Wildman–Crippen MR) is 151 cm³/mol. The molecule has 4 aromatic rings. The minimum absolute atomic E-state index is 0.104. The zero-order valence-electron chi connectivity index (χ0n) is 21.9. The van der Waals surface area contributed by atoms with Gasteiger partial charge in [0, 0.05) is 29.5 Å². The molecule has 0 bridgehead atoms. The molecule has 1 unspecified atom stereocenters. The Kier molecular flexibility index (Phi) is 7.36. The lowest BCUT2D eigenvalue weighted by atomic mass is 10.0. The fourth-order valence-corrected chi connectivity index (χ4v) is 4.58. The summed E-state index contributed by atoms with van der Waals surface area (Å²) in [7, 11) is 3.23. The van der Waals surface area contributed by atoms with E-state index in [1.54, 1.807) is 43.4 Å². The van der Waals surface area contributed by atoms with Gasteiger partial charge in [0.1, 0.15) is 30.0 Å². The Bertz CT molecular complexity index is 1490. The molecule has 198 valence electrons. The van der Waals surface area contributed by atoms with E-state index in [1.165, 1.54) is 6.92 Å². The van der Waals surface area contributed by atoms with Gasteiger partial charge in [-0.05, 0) is 78.4 Å². The number of hydrogen-bond donors (Lipinski definition) is 2. The minimum atomic E-state index is -0.470. The molecule has 0 saturated carbocycles. The first-order valence-corrected chi connectivity index (χ1v) is 12.5. The number of rotatable bonds is 8. The molecule has 1 aliphatic rings. The summed E-state index contributed by atoms with van der Waals surface area (Å²) in [6.45, 7) is 1.71. The number of hydrogen-bond acceptors (Lipinski definition) is 6. The van der Waals surface area contributed by atoms with Crippen LogP contribution in [0.5, 0.6) is 17.2 Å². The van der Waals surface area contributed by atoms with E-state index in [1.807, 2.05) is 66.7 Å². The van der Waals surface area contributed by atoms with Crippen molar-refractivity contribution in [2.24, 2.45) is 0 Å². The molecule has 8 heteroatoms. The highest BCUT2D eigenvalue weighted by Crippen LogP contribution is 2.38. The normalized spacial score (nSPS) is 14.2. The van der Waals surface area contributed by atoms with Gasteiger partial charge in [0.2, 0.25) is 5.91 Å². The van der Waals surface area contributed by atoms with Gasteiger partial charge >= 0.3 is 0 Å². The van der Waals surface area contributed by atoms with Crippen molar-refractivity contribution in [1.82, 2.24) is 0 Å². The van der Waals surface area contributed by atoms with E-state index in [2.05, 4.69) is 10.6 Å². The molecule has 2 amide bonds. The summed E-state index contributed by atoms with van der Waals surface area (Å²) in [5.41, 5.74) is 4.49. The number of amides is 2. The van der Waals surface area contributed by atoms with Crippen LogP contribution in [0.2, 0.25) is 0 Å². The molecule has 8 nitrogen and oxygen atoms in total. The summed E-state index contributed by atoms with van der Waals surface area (Å²) in [6.07, 6.45) is -0.470. The molecule has 1 aliphatic heterocycles. The Morgan fingerprint density at radius 1 is 0.897 bits per heavy atom. The fraction of sp³-hybridized carbons (Fsp3) is 0.161. The maximum absolute atomic E-state index is 13.7. The Morgan fingerprint density at radius 3 is 2.31 bits per heavy atom. The van der Waals surface area contributed by atoms with Gasteiger partial charge in [-0.15, -0.1) is 0 Å². The lowest BCUT2D eigenvalue weighted by Crippen LogP contribution is -2.43. The maximum atomic E-state index is 13.7. The van der Waals surface area contributed by atoms with E-state index < -0.39 is 6.17 Å². The maximum Gasteiger partial charge on any atom is 0.262 e. The lowest BCUT2D eigenvalue weighted by Gasteiger charge is -2.38. The Morgan fingerprint density at radius 2 is 1.62 bits per heavy atom. The number of carbonyl (C=O) groups excluding carboxylic acids is 2. The Balaban J connectivity index is 1.46. The summed E-state index contributed by atoms with van der Waals surface area (Å²) in [4.78, 5) is 26.8. The van der Waals surface area contributed by atoms with Crippen molar-refractivity contribution in [1.29, 1.82) is 0 Å². The number of ether oxygens (including phenoxy) is 3. The third-order valence-electron chi connectivity index (χ3n) is 6.47. The number of nitrogens with zero attached hydrogens (tertiary/aromatic N) is 1. The summed E-state index contributed by atoms with van der Waals surface area (Å²) in [5, 5.41) is 6.28. The number of carbonyl (C=O) groups is 2. The van der Waals surface area contributed by atoms with E-state index in [0.717, 1.165) is 22.5 Å². The van der Waals surface area contributed by atoms with Crippen LogP contribution >= 0.6 is 0 Å². The number of benzene rings is 4. The smallest absolute Gasteiger partial charge is 0.262 e. The first-order chi connectivity index (χ1) is 19.0. The van der Waals surface area contributed by atoms with E-state index in [0.29, 0.717) is 28.5 Å². The van der Waals surface area contributed by atoms with Crippen molar-refractivity contribution in [3.05, 3.63) is 108 Å². The molecule has 0 radical (unpaired) electrons. The van der Waals surface area contributed by atoms with Crippen molar-refractivity contribution in [3.8, 4) is 17.2 Å². The van der Waals surface area contributed by atoms with Gasteiger partial charge in [-0.25, -0.2) is 0 Å². The zero-order valence-corrected chi connectivity index (χ0v) is 21.9. The summed E-state index contributed by atoms with van der Waals surface area (Å²) in [5.74, 6) is 1.80. The monoisotopic (exact) mass is 523 g/mol. The molecule has 0 saturated heterocycles. The number of methoxy groups -OCH3 is 2. The van der Waals surface area contributed by atoms with Crippen LogP contribution in [0.1, 0.15) is 34.6 Å². The molecule has 0 aliphatic carbocycles. The first kappa shape index (κ1) is 25.7. The highest BCUT2D eigenvalue weighted by molar-refractivity contribution is 6.12. The van der Waals surface area contributed by atoms with E-state index >= 15 is 0 Å². The third kappa shape index (κ3) is 5.50. The quantitative estimate of drug-likeness (QED) is 0.294. The van der Waals surface area contributed by atoms with Gasteiger partial charge in [-0.1, -0.05) is 18.2 Å². The molecular weight excluding hydrogens is 494 g/mol. The second kappa shape index (κ2) is 11.2. The number of fused-ring (bicyclic) bond motifs is 1. The van der Waals surface area contributed by atoms with Crippen LogP contribution in [0.4, 0.5) is 17.1 Å². The molecule has 0 spiro atoms. The molecule has 5 rings (SSSR count). The van der Waals surface area contributed by atoms with Crippen LogP contribution in [-0.2, 0) is 11.4 Å². The average Bonchev–Trinajstić information content (AvgIpc) is 2.96. The second-order valence-electron chi connectivity index (χ2n) is 9.03. The molecule has 0 aromatic heterocycles. The Labute approximate surface area is 227 Å². The number of para-hydroxylation sites is 1. The summed E-state index contributed by atoms with van der Waals surface area (Å²) >= 11 is 0. The van der Waals surface area contributed by atoms with E-state index in [-0.39, 0.29) is 18.4 Å². The summed E-state index contributed by atoms with van der Waals surface area (Å²) < 4.78 is 17.0. The molecule has 2 N–H and O–H groups in total. The molecular formula is C31H29N3O5. The summed E-state index contributed by atoms with van der Waals surface area (Å²) in [6, 6.07) is 27.9. The number of nitrogens with one attached hydrogen (secondary N) is 2.